The second kappa shape index (κ2) is 11.7. The predicted molar refractivity (Wildman–Crippen MR) is 127 cm³/mol. The predicted octanol–water partition coefficient (Wildman–Crippen LogP) is 6.42. The van der Waals surface area contributed by atoms with Gasteiger partial charge in [-0.05, 0) is 56.5 Å². The van der Waals surface area contributed by atoms with Crippen LogP contribution in [0.1, 0.15) is 30.5 Å². The third-order valence-electron chi connectivity index (χ3n) is 4.97. The van der Waals surface area contributed by atoms with E-state index in [-0.39, 0.29) is 32.6 Å². The summed E-state index contributed by atoms with van der Waals surface area (Å²) in [5, 5.41) is 8.36. The van der Waals surface area contributed by atoms with E-state index in [0.717, 1.165) is 12.2 Å². The topological polar surface area (TPSA) is 43.8 Å². The maximum atomic E-state index is 10.0. The van der Waals surface area contributed by atoms with Gasteiger partial charge in [-0.1, -0.05) is 30.3 Å². The molecule has 0 bridgehead atoms. The standard InChI is InChI=1S/C22H20N2.C5H8O2.Pt/c1-17-13-21-22(14-18(17)2)24(20-11-7-4-8-12-20)16-23(21)15-19-9-5-3-6-10-19;1-4(6)3-5(2)7;/h3-11,13-14,16H,15H2,1-2H3;3,6H,1-2H3;/q-2;;+2. The summed E-state index contributed by atoms with van der Waals surface area (Å²) >= 11 is 0. The number of hydrogen-bond acceptors (Lipinski definition) is 4. The van der Waals surface area contributed by atoms with E-state index >= 15 is 0 Å². The Hall–Kier alpha value is -2.84. The van der Waals surface area contributed by atoms with Crippen LogP contribution in [0.3, 0.4) is 0 Å². The maximum absolute atomic E-state index is 10.0. The first-order chi connectivity index (χ1) is 14.8. The van der Waals surface area contributed by atoms with Crippen molar-refractivity contribution in [3.63, 3.8) is 0 Å². The van der Waals surface area contributed by atoms with Crippen LogP contribution in [0.4, 0.5) is 17.1 Å². The summed E-state index contributed by atoms with van der Waals surface area (Å²) in [5.41, 5.74) is 7.47. The number of anilines is 3. The van der Waals surface area contributed by atoms with Crippen molar-refractivity contribution in [1.29, 1.82) is 0 Å². The van der Waals surface area contributed by atoms with E-state index in [2.05, 4.69) is 91.0 Å². The van der Waals surface area contributed by atoms with Crippen LogP contribution in [0.15, 0.2) is 78.6 Å². The Kier molecular flexibility index (Phi) is 9.28. The van der Waals surface area contributed by atoms with Crippen molar-refractivity contribution in [2.45, 2.75) is 34.2 Å². The van der Waals surface area contributed by atoms with Gasteiger partial charge in [0.1, 0.15) is 0 Å². The zero-order valence-corrected chi connectivity index (χ0v) is 21.1. The van der Waals surface area contributed by atoms with Gasteiger partial charge in [0.05, 0.1) is 5.76 Å². The molecule has 3 aromatic rings. The molecular formula is C27H28N2O2Pt. The summed E-state index contributed by atoms with van der Waals surface area (Å²) in [4.78, 5) is 14.6. The van der Waals surface area contributed by atoms with Gasteiger partial charge < -0.3 is 14.9 Å². The van der Waals surface area contributed by atoms with E-state index in [0.29, 0.717) is 0 Å². The van der Waals surface area contributed by atoms with E-state index < -0.39 is 0 Å². The zero-order chi connectivity index (χ0) is 22.4. The van der Waals surface area contributed by atoms with Gasteiger partial charge in [-0.15, -0.1) is 5.69 Å². The van der Waals surface area contributed by atoms with Crippen molar-refractivity contribution >= 4 is 22.8 Å². The SMILES string of the molecule is CC(=O)C=C(C)O.Cc1cc2c(cc1C)N(c1[c-]cccc1)[CH-]N2Cc1ccccc1.[Pt+2]. The molecule has 0 unspecified atom stereocenters. The van der Waals surface area contributed by atoms with Crippen molar-refractivity contribution in [3.05, 3.63) is 108 Å². The monoisotopic (exact) mass is 607 g/mol. The van der Waals surface area contributed by atoms with Crippen LogP contribution in [-0.4, -0.2) is 10.9 Å². The van der Waals surface area contributed by atoms with Crippen LogP contribution in [0, 0.1) is 26.6 Å². The second-order valence-electron chi connectivity index (χ2n) is 7.67. The van der Waals surface area contributed by atoms with Gasteiger partial charge in [0, 0.05) is 24.0 Å². The molecular weight excluding hydrogens is 579 g/mol. The summed E-state index contributed by atoms with van der Waals surface area (Å²) in [6, 6.07) is 26.6. The molecule has 4 nitrogen and oxygen atoms in total. The van der Waals surface area contributed by atoms with Gasteiger partial charge in [0.2, 0.25) is 0 Å². The number of aliphatic hydroxyl groups excluding tert-OH is 1. The second-order valence-corrected chi connectivity index (χ2v) is 7.67. The van der Waals surface area contributed by atoms with Crippen LogP contribution < -0.4 is 9.80 Å². The number of carbonyl (C=O) groups is 1. The fraction of sp³-hybridized carbons (Fsp3) is 0.185. The van der Waals surface area contributed by atoms with Gasteiger partial charge in [-0.25, -0.2) is 0 Å². The normalized spacial score (nSPS) is 12.4. The van der Waals surface area contributed by atoms with E-state index in [4.69, 9.17) is 5.11 Å². The van der Waals surface area contributed by atoms with Gasteiger partial charge >= 0.3 is 21.1 Å². The number of hydrogen-bond donors (Lipinski definition) is 1. The molecule has 0 radical (unpaired) electrons. The first kappa shape index (κ1) is 25.4. The molecule has 0 saturated heterocycles. The number of fused-ring (bicyclic) bond motifs is 1. The summed E-state index contributed by atoms with van der Waals surface area (Å²) in [5.74, 6) is -0.0625. The molecule has 168 valence electrons. The molecule has 1 N–H and O–H groups in total. The molecule has 0 fully saturated rings. The largest absolute Gasteiger partial charge is 2.00 e. The fourth-order valence-corrected chi connectivity index (χ4v) is 3.40. The van der Waals surface area contributed by atoms with Crippen LogP contribution in [-0.2, 0) is 32.4 Å². The molecule has 0 aliphatic carbocycles. The Morgan fingerprint density at radius 2 is 1.62 bits per heavy atom. The number of nitrogens with zero attached hydrogens (tertiary/aromatic N) is 2. The molecule has 0 aromatic heterocycles. The Labute approximate surface area is 205 Å². The molecule has 3 aromatic carbocycles. The Bertz CT molecular complexity index is 1060. The summed E-state index contributed by atoms with van der Waals surface area (Å²) in [6.07, 6.45) is 1.17. The van der Waals surface area contributed by atoms with Crippen molar-refractivity contribution < 1.29 is 31.0 Å². The average molecular weight is 608 g/mol. The third-order valence-corrected chi connectivity index (χ3v) is 4.97. The van der Waals surface area contributed by atoms with Crippen LogP contribution in [0.25, 0.3) is 0 Å². The Morgan fingerprint density at radius 1 is 1.00 bits per heavy atom. The number of carbonyl (C=O) groups excluding carboxylic acids is 1. The summed E-state index contributed by atoms with van der Waals surface area (Å²) < 4.78 is 0. The number of aliphatic hydroxyl groups is 1. The third kappa shape index (κ3) is 6.58. The zero-order valence-electron chi connectivity index (χ0n) is 18.8. The number of ketones is 1. The van der Waals surface area contributed by atoms with Crippen molar-refractivity contribution in [2.24, 2.45) is 0 Å². The van der Waals surface area contributed by atoms with Crippen LogP contribution in [0.5, 0.6) is 0 Å². The molecule has 4 rings (SSSR count). The molecule has 0 spiro atoms. The van der Waals surface area contributed by atoms with Gasteiger partial charge in [0.25, 0.3) is 0 Å². The maximum Gasteiger partial charge on any atom is 2.00 e. The van der Waals surface area contributed by atoms with E-state index in [1.807, 2.05) is 12.1 Å². The first-order valence-electron chi connectivity index (χ1n) is 10.3. The molecule has 1 aliphatic heterocycles. The minimum Gasteiger partial charge on any atom is -0.512 e. The molecule has 1 heterocycles. The van der Waals surface area contributed by atoms with E-state index in [1.165, 1.54) is 48.0 Å². The van der Waals surface area contributed by atoms with Crippen LogP contribution in [0.2, 0.25) is 0 Å². The number of benzene rings is 3. The number of aryl methyl sites for hydroxylation is 2. The Morgan fingerprint density at radius 3 is 2.16 bits per heavy atom. The molecule has 1 aliphatic rings. The summed E-state index contributed by atoms with van der Waals surface area (Å²) in [7, 11) is 0. The minimum atomic E-state index is -0.125. The number of para-hydroxylation sites is 1. The smallest absolute Gasteiger partial charge is 0.512 e. The van der Waals surface area contributed by atoms with Gasteiger partial charge in [-0.2, -0.15) is 37.0 Å². The van der Waals surface area contributed by atoms with Crippen molar-refractivity contribution in [3.8, 4) is 0 Å². The van der Waals surface area contributed by atoms with E-state index in [1.54, 1.807) is 0 Å². The number of allylic oxidation sites excluding steroid dienone is 2. The Balaban J connectivity index is 0.000000398. The van der Waals surface area contributed by atoms with Crippen LogP contribution >= 0.6 is 0 Å². The van der Waals surface area contributed by atoms with Crippen molar-refractivity contribution in [1.82, 2.24) is 0 Å². The molecule has 0 atom stereocenters. The molecule has 32 heavy (non-hydrogen) atoms. The molecule has 0 saturated carbocycles. The minimum absolute atomic E-state index is 0. The summed E-state index contributed by atoms with van der Waals surface area (Å²) in [6.45, 7) is 10.2. The van der Waals surface area contributed by atoms with Gasteiger partial charge in [-0.3, -0.25) is 4.79 Å². The molecule has 5 heteroatoms. The van der Waals surface area contributed by atoms with Gasteiger partial charge in [0.15, 0.2) is 5.78 Å². The van der Waals surface area contributed by atoms with Crippen molar-refractivity contribution in [2.75, 3.05) is 9.80 Å². The quantitative estimate of drug-likeness (QED) is 0.211. The average Bonchev–Trinajstić information content (AvgIpc) is 3.06. The molecule has 0 amide bonds. The first-order valence-corrected chi connectivity index (χ1v) is 10.3. The van der Waals surface area contributed by atoms with E-state index in [9.17, 15) is 4.79 Å². The number of rotatable bonds is 4. The fourth-order valence-electron chi connectivity index (χ4n) is 3.40.